The van der Waals surface area contributed by atoms with Gasteiger partial charge in [-0.1, -0.05) is 49.9 Å². The molecule has 94 valence electrons. The molecule has 0 amide bonds. The molecule has 1 atom stereocenters. The van der Waals surface area contributed by atoms with E-state index >= 15 is 0 Å². The van der Waals surface area contributed by atoms with E-state index in [1.165, 1.54) is 22.3 Å². The van der Waals surface area contributed by atoms with Crippen molar-refractivity contribution < 1.29 is 0 Å². The molecule has 0 saturated heterocycles. The third-order valence-electron chi connectivity index (χ3n) is 3.85. The number of hydrogen-bond acceptors (Lipinski definition) is 1. The standard InChI is InChI=1S/C18H17N/c1-3-14-12-15-8-4-5-9-16(15)18(14)13(2)17-10-6-7-11-19-17/h3-11,13H,1,12H2,2H3/t13-/m1/s1. The summed E-state index contributed by atoms with van der Waals surface area (Å²) in [5, 5.41) is 0. The number of benzene rings is 1. The predicted octanol–water partition coefficient (Wildman–Crippen LogP) is 4.38. The Morgan fingerprint density at radius 3 is 2.68 bits per heavy atom. The molecule has 1 nitrogen and oxygen atoms in total. The van der Waals surface area contributed by atoms with Crippen molar-refractivity contribution in [2.24, 2.45) is 0 Å². The van der Waals surface area contributed by atoms with Crippen LogP contribution >= 0.6 is 0 Å². The second-order valence-electron chi connectivity index (χ2n) is 4.95. The van der Waals surface area contributed by atoms with Crippen LogP contribution in [0.4, 0.5) is 0 Å². The Hall–Kier alpha value is -2.15. The Morgan fingerprint density at radius 1 is 1.16 bits per heavy atom. The lowest BCUT2D eigenvalue weighted by molar-refractivity contribution is 0.923. The van der Waals surface area contributed by atoms with Crippen LogP contribution in [0.3, 0.4) is 0 Å². The maximum absolute atomic E-state index is 4.50. The van der Waals surface area contributed by atoms with Gasteiger partial charge in [-0.3, -0.25) is 4.98 Å². The smallest absolute Gasteiger partial charge is 0.0475 e. The summed E-state index contributed by atoms with van der Waals surface area (Å²) in [4.78, 5) is 4.50. The van der Waals surface area contributed by atoms with Crippen LogP contribution in [0.1, 0.15) is 29.7 Å². The molecule has 0 spiro atoms. The average Bonchev–Trinajstić information content (AvgIpc) is 2.86. The van der Waals surface area contributed by atoms with Gasteiger partial charge in [0, 0.05) is 17.8 Å². The first-order chi connectivity index (χ1) is 9.31. The minimum atomic E-state index is 0.304. The lowest BCUT2D eigenvalue weighted by Crippen LogP contribution is -2.00. The van der Waals surface area contributed by atoms with Gasteiger partial charge in [0.15, 0.2) is 0 Å². The molecule has 0 saturated carbocycles. The first kappa shape index (κ1) is 11.9. The molecule has 0 fully saturated rings. The van der Waals surface area contributed by atoms with Crippen LogP contribution in [-0.4, -0.2) is 4.98 Å². The summed E-state index contributed by atoms with van der Waals surface area (Å²) in [6.45, 7) is 6.20. The van der Waals surface area contributed by atoms with Gasteiger partial charge in [-0.25, -0.2) is 0 Å². The molecule has 1 heteroatoms. The van der Waals surface area contributed by atoms with Crippen molar-refractivity contribution in [3.63, 3.8) is 0 Å². The molecule has 0 bridgehead atoms. The Bertz CT molecular complexity index is 638. The molecular weight excluding hydrogens is 230 g/mol. The van der Waals surface area contributed by atoms with Gasteiger partial charge in [0.05, 0.1) is 0 Å². The first-order valence-electron chi connectivity index (χ1n) is 6.66. The number of fused-ring (bicyclic) bond motifs is 1. The van der Waals surface area contributed by atoms with E-state index in [0.717, 1.165) is 12.1 Å². The summed E-state index contributed by atoms with van der Waals surface area (Å²) in [5.74, 6) is 0.304. The van der Waals surface area contributed by atoms with E-state index in [1.807, 2.05) is 24.4 Å². The van der Waals surface area contributed by atoms with Gasteiger partial charge in [0.25, 0.3) is 0 Å². The van der Waals surface area contributed by atoms with E-state index in [2.05, 4.69) is 48.8 Å². The summed E-state index contributed by atoms with van der Waals surface area (Å²) in [7, 11) is 0. The SMILES string of the molecule is C=CC1=C([C@H](C)c2ccccn2)c2ccccc2C1. The van der Waals surface area contributed by atoms with E-state index in [0.29, 0.717) is 5.92 Å². The number of nitrogens with zero attached hydrogens (tertiary/aromatic N) is 1. The van der Waals surface area contributed by atoms with Gasteiger partial charge in [-0.05, 0) is 40.8 Å². The van der Waals surface area contributed by atoms with E-state index in [4.69, 9.17) is 0 Å². The van der Waals surface area contributed by atoms with Crippen molar-refractivity contribution in [2.75, 3.05) is 0 Å². The minimum Gasteiger partial charge on any atom is -0.261 e. The number of pyridine rings is 1. The summed E-state index contributed by atoms with van der Waals surface area (Å²) < 4.78 is 0. The Morgan fingerprint density at radius 2 is 1.95 bits per heavy atom. The number of aromatic nitrogens is 1. The highest BCUT2D eigenvalue weighted by atomic mass is 14.7. The fourth-order valence-electron chi connectivity index (χ4n) is 2.88. The third-order valence-corrected chi connectivity index (χ3v) is 3.85. The normalized spacial score (nSPS) is 15.2. The van der Waals surface area contributed by atoms with Crippen molar-refractivity contribution in [3.05, 3.63) is 83.7 Å². The van der Waals surface area contributed by atoms with E-state index < -0.39 is 0 Å². The van der Waals surface area contributed by atoms with E-state index in [1.54, 1.807) is 0 Å². The van der Waals surface area contributed by atoms with Gasteiger partial charge in [0.1, 0.15) is 0 Å². The highest BCUT2D eigenvalue weighted by molar-refractivity contribution is 5.81. The third kappa shape index (κ3) is 2.01. The van der Waals surface area contributed by atoms with Crippen molar-refractivity contribution in [1.29, 1.82) is 0 Å². The molecule has 2 aromatic rings. The molecule has 1 aliphatic carbocycles. The predicted molar refractivity (Wildman–Crippen MR) is 79.9 cm³/mol. The van der Waals surface area contributed by atoms with Gasteiger partial charge in [-0.15, -0.1) is 0 Å². The molecule has 0 aliphatic heterocycles. The van der Waals surface area contributed by atoms with Crippen LogP contribution in [0.15, 0.2) is 66.9 Å². The lowest BCUT2D eigenvalue weighted by atomic mass is 9.90. The molecule has 1 aromatic heterocycles. The van der Waals surface area contributed by atoms with Gasteiger partial charge in [-0.2, -0.15) is 0 Å². The van der Waals surface area contributed by atoms with Crippen molar-refractivity contribution in [1.82, 2.24) is 4.98 Å². The Labute approximate surface area is 114 Å². The monoisotopic (exact) mass is 247 g/mol. The van der Waals surface area contributed by atoms with Crippen LogP contribution < -0.4 is 0 Å². The second kappa shape index (κ2) is 4.85. The average molecular weight is 247 g/mol. The fourth-order valence-corrected chi connectivity index (χ4v) is 2.88. The fraction of sp³-hybridized carbons (Fsp3) is 0.167. The zero-order chi connectivity index (χ0) is 13.2. The summed E-state index contributed by atoms with van der Waals surface area (Å²) in [6.07, 6.45) is 4.85. The number of rotatable bonds is 3. The zero-order valence-corrected chi connectivity index (χ0v) is 11.1. The maximum atomic E-state index is 4.50. The second-order valence-corrected chi connectivity index (χ2v) is 4.95. The number of hydrogen-bond donors (Lipinski definition) is 0. The summed E-state index contributed by atoms with van der Waals surface area (Å²) in [6, 6.07) is 14.7. The molecule has 1 aliphatic rings. The lowest BCUT2D eigenvalue weighted by Gasteiger charge is -2.15. The number of allylic oxidation sites excluding steroid dienone is 3. The van der Waals surface area contributed by atoms with E-state index in [-0.39, 0.29) is 0 Å². The van der Waals surface area contributed by atoms with Crippen LogP contribution in [0.2, 0.25) is 0 Å². The van der Waals surface area contributed by atoms with Crippen molar-refractivity contribution >= 4 is 5.57 Å². The molecule has 1 heterocycles. The highest BCUT2D eigenvalue weighted by Crippen LogP contribution is 2.41. The molecule has 0 N–H and O–H groups in total. The topological polar surface area (TPSA) is 12.9 Å². The summed E-state index contributed by atoms with van der Waals surface area (Å²) in [5.41, 5.74) is 6.59. The zero-order valence-electron chi connectivity index (χ0n) is 11.1. The molecular formula is C18H17N. The largest absolute Gasteiger partial charge is 0.261 e. The highest BCUT2D eigenvalue weighted by Gasteiger charge is 2.24. The molecule has 1 aromatic carbocycles. The Kier molecular flexibility index (Phi) is 3.04. The van der Waals surface area contributed by atoms with Crippen molar-refractivity contribution in [3.8, 4) is 0 Å². The molecule has 0 unspecified atom stereocenters. The van der Waals surface area contributed by atoms with Gasteiger partial charge >= 0.3 is 0 Å². The quantitative estimate of drug-likeness (QED) is 0.784. The molecule has 0 radical (unpaired) electrons. The molecule has 19 heavy (non-hydrogen) atoms. The van der Waals surface area contributed by atoms with E-state index in [9.17, 15) is 0 Å². The van der Waals surface area contributed by atoms with Crippen LogP contribution in [0, 0.1) is 0 Å². The van der Waals surface area contributed by atoms with Crippen LogP contribution in [0.5, 0.6) is 0 Å². The van der Waals surface area contributed by atoms with Crippen molar-refractivity contribution in [2.45, 2.75) is 19.3 Å². The maximum Gasteiger partial charge on any atom is 0.0475 e. The van der Waals surface area contributed by atoms with Crippen LogP contribution in [0.25, 0.3) is 5.57 Å². The van der Waals surface area contributed by atoms with Gasteiger partial charge in [0.2, 0.25) is 0 Å². The Balaban J connectivity index is 2.09. The minimum absolute atomic E-state index is 0.304. The van der Waals surface area contributed by atoms with Gasteiger partial charge < -0.3 is 0 Å². The first-order valence-corrected chi connectivity index (χ1v) is 6.66. The summed E-state index contributed by atoms with van der Waals surface area (Å²) >= 11 is 0. The van der Waals surface area contributed by atoms with Crippen LogP contribution in [-0.2, 0) is 6.42 Å². The molecule has 3 rings (SSSR count).